The maximum atomic E-state index is 5.95. The maximum Gasteiger partial charge on any atom is 0.120 e. The molecule has 5 heteroatoms. The summed E-state index contributed by atoms with van der Waals surface area (Å²) in [4.78, 5) is 4.64. The molecular weight excluding hydrogens is 275 g/mol. The van der Waals surface area contributed by atoms with Crippen molar-refractivity contribution in [3.8, 4) is 0 Å². The number of benzene rings is 1. The summed E-state index contributed by atoms with van der Waals surface area (Å²) >= 11 is 7.70. The highest BCUT2D eigenvalue weighted by Gasteiger charge is 2.11. The van der Waals surface area contributed by atoms with Crippen molar-refractivity contribution >= 4 is 51.1 Å². The molecule has 0 fully saturated rings. The molecule has 17 heavy (non-hydrogen) atoms. The standard InChI is InChI=1S/C12H11ClN2S.ClH/c13-9-1-2-11-10(7-9)15-12(16-11)8-3-5-14-6-4-8;/h1-3,7,14H,4-6H2;1H. The first-order chi connectivity index (χ1) is 7.83. The van der Waals surface area contributed by atoms with Crippen LogP contribution in [0, 0.1) is 0 Å². The highest BCUT2D eigenvalue weighted by molar-refractivity contribution is 7.19. The fourth-order valence-electron chi connectivity index (χ4n) is 1.85. The zero-order valence-electron chi connectivity index (χ0n) is 9.07. The van der Waals surface area contributed by atoms with Gasteiger partial charge >= 0.3 is 0 Å². The van der Waals surface area contributed by atoms with Crippen molar-refractivity contribution in [1.82, 2.24) is 10.3 Å². The first-order valence-electron chi connectivity index (χ1n) is 5.29. The van der Waals surface area contributed by atoms with Gasteiger partial charge in [0.25, 0.3) is 0 Å². The minimum absolute atomic E-state index is 0. The van der Waals surface area contributed by atoms with E-state index in [1.165, 1.54) is 10.3 Å². The van der Waals surface area contributed by atoms with Gasteiger partial charge in [0, 0.05) is 11.6 Å². The van der Waals surface area contributed by atoms with Gasteiger partial charge in [-0.15, -0.1) is 23.7 Å². The molecule has 0 saturated heterocycles. The van der Waals surface area contributed by atoms with Gasteiger partial charge in [-0.2, -0.15) is 0 Å². The van der Waals surface area contributed by atoms with Crippen LogP contribution in [0.5, 0.6) is 0 Å². The average molecular weight is 287 g/mol. The fraction of sp³-hybridized carbons (Fsp3) is 0.250. The van der Waals surface area contributed by atoms with E-state index in [1.54, 1.807) is 11.3 Å². The quantitative estimate of drug-likeness (QED) is 0.864. The van der Waals surface area contributed by atoms with E-state index in [2.05, 4.69) is 16.4 Å². The molecule has 0 unspecified atom stereocenters. The number of hydrogen-bond donors (Lipinski definition) is 1. The van der Waals surface area contributed by atoms with E-state index in [1.807, 2.05) is 18.2 Å². The van der Waals surface area contributed by atoms with E-state index in [-0.39, 0.29) is 12.4 Å². The van der Waals surface area contributed by atoms with E-state index in [0.29, 0.717) is 0 Å². The van der Waals surface area contributed by atoms with Crippen LogP contribution in [-0.2, 0) is 0 Å². The van der Waals surface area contributed by atoms with Crippen LogP contribution in [0.2, 0.25) is 5.02 Å². The van der Waals surface area contributed by atoms with Crippen LogP contribution in [0.4, 0.5) is 0 Å². The number of nitrogens with one attached hydrogen (secondary N) is 1. The summed E-state index contributed by atoms with van der Waals surface area (Å²) in [5.41, 5.74) is 2.36. The first kappa shape index (κ1) is 12.8. The third-order valence-corrected chi connectivity index (χ3v) is 4.04. The number of aromatic nitrogens is 1. The lowest BCUT2D eigenvalue weighted by Gasteiger charge is -2.10. The SMILES string of the molecule is Cl.Clc1ccc2sc(C3=CCNCC3)nc2c1. The second kappa shape index (κ2) is 5.36. The van der Waals surface area contributed by atoms with Crippen LogP contribution in [0.25, 0.3) is 15.8 Å². The van der Waals surface area contributed by atoms with Gasteiger partial charge in [0.15, 0.2) is 0 Å². The summed E-state index contributed by atoms with van der Waals surface area (Å²) in [5.74, 6) is 0. The lowest BCUT2D eigenvalue weighted by Crippen LogP contribution is -2.19. The third kappa shape index (κ3) is 2.63. The van der Waals surface area contributed by atoms with Crippen LogP contribution >= 0.6 is 35.3 Å². The molecule has 90 valence electrons. The van der Waals surface area contributed by atoms with Crippen molar-refractivity contribution in [3.63, 3.8) is 0 Å². The Kier molecular flexibility index (Phi) is 4.05. The molecule has 1 aliphatic heterocycles. The number of fused-ring (bicyclic) bond motifs is 1. The Morgan fingerprint density at radius 1 is 1.35 bits per heavy atom. The second-order valence-electron chi connectivity index (χ2n) is 3.81. The van der Waals surface area contributed by atoms with E-state index >= 15 is 0 Å². The van der Waals surface area contributed by atoms with Crippen molar-refractivity contribution in [2.75, 3.05) is 13.1 Å². The summed E-state index contributed by atoms with van der Waals surface area (Å²) in [7, 11) is 0. The van der Waals surface area contributed by atoms with Crippen molar-refractivity contribution < 1.29 is 0 Å². The van der Waals surface area contributed by atoms with Gasteiger partial charge in [-0.05, 0) is 36.7 Å². The zero-order chi connectivity index (χ0) is 11.0. The minimum atomic E-state index is 0. The van der Waals surface area contributed by atoms with Crippen LogP contribution in [-0.4, -0.2) is 18.1 Å². The van der Waals surface area contributed by atoms with Gasteiger partial charge in [-0.1, -0.05) is 17.7 Å². The largest absolute Gasteiger partial charge is 0.313 e. The molecule has 0 spiro atoms. The molecule has 2 nitrogen and oxygen atoms in total. The number of hydrogen-bond acceptors (Lipinski definition) is 3. The molecule has 0 bridgehead atoms. The molecule has 3 rings (SSSR count). The minimum Gasteiger partial charge on any atom is -0.313 e. The summed E-state index contributed by atoms with van der Waals surface area (Å²) in [6, 6.07) is 5.89. The monoisotopic (exact) mass is 286 g/mol. The Balaban J connectivity index is 0.00000108. The number of nitrogens with zero attached hydrogens (tertiary/aromatic N) is 1. The summed E-state index contributed by atoms with van der Waals surface area (Å²) < 4.78 is 1.21. The molecule has 0 atom stereocenters. The normalized spacial score (nSPS) is 15.5. The molecule has 1 aromatic heterocycles. The lowest BCUT2D eigenvalue weighted by atomic mass is 10.1. The van der Waals surface area contributed by atoms with Crippen molar-refractivity contribution in [2.45, 2.75) is 6.42 Å². The summed E-state index contributed by atoms with van der Waals surface area (Å²) in [6.45, 7) is 1.99. The topological polar surface area (TPSA) is 24.9 Å². The Labute approximate surface area is 115 Å². The predicted molar refractivity (Wildman–Crippen MR) is 77.3 cm³/mol. The van der Waals surface area contributed by atoms with Gasteiger partial charge in [-0.3, -0.25) is 0 Å². The molecule has 1 aliphatic rings. The van der Waals surface area contributed by atoms with Crippen molar-refractivity contribution in [3.05, 3.63) is 34.3 Å². The molecule has 0 aliphatic carbocycles. The number of halogens is 2. The smallest absolute Gasteiger partial charge is 0.120 e. The van der Waals surface area contributed by atoms with Gasteiger partial charge in [-0.25, -0.2) is 4.98 Å². The Hall–Kier alpha value is -0.610. The Morgan fingerprint density at radius 3 is 3.00 bits per heavy atom. The van der Waals surface area contributed by atoms with Gasteiger partial charge in [0.2, 0.25) is 0 Å². The van der Waals surface area contributed by atoms with E-state index in [0.717, 1.165) is 35.1 Å². The van der Waals surface area contributed by atoms with Crippen LogP contribution < -0.4 is 5.32 Å². The Morgan fingerprint density at radius 2 is 2.24 bits per heavy atom. The predicted octanol–water partition coefficient (Wildman–Crippen LogP) is 3.75. The lowest BCUT2D eigenvalue weighted by molar-refractivity contribution is 0.738. The summed E-state index contributed by atoms with van der Waals surface area (Å²) in [5, 5.41) is 5.20. The highest BCUT2D eigenvalue weighted by atomic mass is 35.5. The second-order valence-corrected chi connectivity index (χ2v) is 5.28. The van der Waals surface area contributed by atoms with Crippen molar-refractivity contribution in [2.24, 2.45) is 0 Å². The molecule has 2 heterocycles. The van der Waals surface area contributed by atoms with Crippen LogP contribution in [0.3, 0.4) is 0 Å². The zero-order valence-corrected chi connectivity index (χ0v) is 11.5. The number of rotatable bonds is 1. The molecule has 1 N–H and O–H groups in total. The first-order valence-corrected chi connectivity index (χ1v) is 6.48. The molecule has 1 aromatic carbocycles. The van der Waals surface area contributed by atoms with Gasteiger partial charge < -0.3 is 5.32 Å². The summed E-state index contributed by atoms with van der Waals surface area (Å²) in [6.07, 6.45) is 3.29. The van der Waals surface area contributed by atoms with Crippen LogP contribution in [0.15, 0.2) is 24.3 Å². The van der Waals surface area contributed by atoms with Gasteiger partial charge in [0.05, 0.1) is 10.2 Å². The maximum absolute atomic E-state index is 5.95. The van der Waals surface area contributed by atoms with E-state index in [4.69, 9.17) is 11.6 Å². The Bertz CT molecular complexity index is 563. The fourth-order valence-corrected chi connectivity index (χ4v) is 3.04. The third-order valence-electron chi connectivity index (χ3n) is 2.69. The van der Waals surface area contributed by atoms with Crippen LogP contribution in [0.1, 0.15) is 11.4 Å². The van der Waals surface area contributed by atoms with E-state index in [9.17, 15) is 0 Å². The van der Waals surface area contributed by atoms with Crippen molar-refractivity contribution in [1.29, 1.82) is 0 Å². The molecule has 0 radical (unpaired) electrons. The average Bonchev–Trinajstić information content (AvgIpc) is 2.73. The number of thiazole rings is 1. The molecular formula is C12H12Cl2N2S. The molecule has 0 saturated carbocycles. The van der Waals surface area contributed by atoms with E-state index < -0.39 is 0 Å². The van der Waals surface area contributed by atoms with Gasteiger partial charge in [0.1, 0.15) is 5.01 Å². The molecule has 0 amide bonds. The highest BCUT2D eigenvalue weighted by Crippen LogP contribution is 2.30. The molecule has 2 aromatic rings.